The molecule has 1 atom stereocenters. The first kappa shape index (κ1) is 13.0. The molecule has 1 aliphatic carbocycles. The van der Waals surface area contributed by atoms with Gasteiger partial charge in [0, 0.05) is 5.92 Å². The molecule has 0 aromatic heterocycles. The Morgan fingerprint density at radius 3 is 2.00 bits per heavy atom. The number of nitrogens with zero attached hydrogens (tertiary/aromatic N) is 1. The molecule has 0 aromatic rings. The normalized spacial score (nSPS) is 29.4. The van der Waals surface area contributed by atoms with Gasteiger partial charge in [-0.15, -0.1) is 0 Å². The second-order valence-corrected chi connectivity index (χ2v) is 7.28. The summed E-state index contributed by atoms with van der Waals surface area (Å²) in [6.45, 7) is 14.7. The topological polar surface area (TPSA) is 0 Å². The van der Waals surface area contributed by atoms with Gasteiger partial charge in [-0.05, 0) is 30.6 Å². The molecule has 0 amide bonds. The van der Waals surface area contributed by atoms with Crippen LogP contribution in [0.25, 0.3) is 0 Å². The van der Waals surface area contributed by atoms with Crippen molar-refractivity contribution in [2.24, 2.45) is 16.7 Å². The molecule has 0 bridgehead atoms. The second-order valence-electron chi connectivity index (χ2n) is 7.28. The first-order valence-electron chi connectivity index (χ1n) is 6.44. The van der Waals surface area contributed by atoms with Gasteiger partial charge in [0.2, 0.25) is 0 Å². The standard InChI is InChI=1S/C14H30N/c1-8-15(6,7)11-12-9-10-13(2,3)14(12,4)5/h12H,8-11H2,1-7H3/q+1. The van der Waals surface area contributed by atoms with Crippen LogP contribution in [0.2, 0.25) is 0 Å². The fraction of sp³-hybridized carbons (Fsp3) is 1.00. The number of hydrogen-bond acceptors (Lipinski definition) is 0. The summed E-state index contributed by atoms with van der Waals surface area (Å²) in [5.74, 6) is 0.891. The van der Waals surface area contributed by atoms with E-state index in [4.69, 9.17) is 0 Å². The third-order valence-electron chi connectivity index (χ3n) is 5.45. The lowest BCUT2D eigenvalue weighted by Gasteiger charge is -2.42. The summed E-state index contributed by atoms with van der Waals surface area (Å²) in [6, 6.07) is 0. The summed E-state index contributed by atoms with van der Waals surface area (Å²) >= 11 is 0. The van der Waals surface area contributed by atoms with Gasteiger partial charge in [-0.3, -0.25) is 0 Å². The van der Waals surface area contributed by atoms with Crippen LogP contribution in [-0.4, -0.2) is 31.7 Å². The molecule has 1 fully saturated rings. The van der Waals surface area contributed by atoms with Crippen molar-refractivity contribution in [2.75, 3.05) is 27.2 Å². The lowest BCUT2D eigenvalue weighted by atomic mass is 9.67. The van der Waals surface area contributed by atoms with E-state index in [0.717, 1.165) is 5.92 Å². The summed E-state index contributed by atoms with van der Waals surface area (Å²) in [4.78, 5) is 0. The minimum Gasteiger partial charge on any atom is -0.328 e. The fourth-order valence-electron chi connectivity index (χ4n) is 2.82. The van der Waals surface area contributed by atoms with E-state index in [1.54, 1.807) is 0 Å². The van der Waals surface area contributed by atoms with E-state index >= 15 is 0 Å². The first-order chi connectivity index (χ1) is 6.62. The van der Waals surface area contributed by atoms with E-state index in [0.29, 0.717) is 10.8 Å². The summed E-state index contributed by atoms with van der Waals surface area (Å²) in [5.41, 5.74) is 1.02. The number of rotatable bonds is 3. The summed E-state index contributed by atoms with van der Waals surface area (Å²) in [5, 5.41) is 0. The van der Waals surface area contributed by atoms with Gasteiger partial charge < -0.3 is 4.48 Å². The summed E-state index contributed by atoms with van der Waals surface area (Å²) in [6.07, 6.45) is 2.82. The van der Waals surface area contributed by atoms with E-state index in [1.807, 2.05) is 0 Å². The molecule has 1 rings (SSSR count). The van der Waals surface area contributed by atoms with E-state index in [2.05, 4.69) is 48.7 Å². The van der Waals surface area contributed by atoms with Crippen LogP contribution < -0.4 is 0 Å². The molecule has 0 saturated heterocycles. The molecule has 0 aliphatic heterocycles. The van der Waals surface area contributed by atoms with Crippen LogP contribution in [0.4, 0.5) is 0 Å². The molecule has 0 N–H and O–H groups in total. The zero-order valence-electron chi connectivity index (χ0n) is 11.9. The van der Waals surface area contributed by atoms with Gasteiger partial charge in [-0.2, -0.15) is 0 Å². The van der Waals surface area contributed by atoms with Crippen LogP contribution >= 0.6 is 0 Å². The highest BCUT2D eigenvalue weighted by Crippen LogP contribution is 2.55. The third kappa shape index (κ3) is 2.38. The van der Waals surface area contributed by atoms with E-state index in [9.17, 15) is 0 Å². The van der Waals surface area contributed by atoms with E-state index < -0.39 is 0 Å². The van der Waals surface area contributed by atoms with Crippen molar-refractivity contribution < 1.29 is 4.48 Å². The molecule has 1 saturated carbocycles. The van der Waals surface area contributed by atoms with Gasteiger partial charge in [0.15, 0.2) is 0 Å². The largest absolute Gasteiger partial charge is 0.328 e. The van der Waals surface area contributed by atoms with Crippen molar-refractivity contribution in [1.29, 1.82) is 0 Å². The van der Waals surface area contributed by atoms with Crippen molar-refractivity contribution in [2.45, 2.75) is 47.5 Å². The zero-order chi connectivity index (χ0) is 11.9. The summed E-state index contributed by atoms with van der Waals surface area (Å²) in [7, 11) is 4.72. The van der Waals surface area contributed by atoms with Crippen LogP contribution in [0.5, 0.6) is 0 Å². The fourth-order valence-corrected chi connectivity index (χ4v) is 2.82. The Balaban J connectivity index is 2.75. The Hall–Kier alpha value is -0.0400. The van der Waals surface area contributed by atoms with E-state index in [-0.39, 0.29) is 0 Å². The zero-order valence-corrected chi connectivity index (χ0v) is 11.9. The van der Waals surface area contributed by atoms with Crippen LogP contribution in [0.3, 0.4) is 0 Å². The smallest absolute Gasteiger partial charge is 0.0816 e. The average Bonchev–Trinajstić information content (AvgIpc) is 2.28. The molecule has 15 heavy (non-hydrogen) atoms. The molecule has 1 nitrogen and oxygen atoms in total. The van der Waals surface area contributed by atoms with Gasteiger partial charge in [0.1, 0.15) is 0 Å². The lowest BCUT2D eigenvalue weighted by molar-refractivity contribution is -0.892. The Labute approximate surface area is 96.4 Å². The molecule has 0 aromatic carbocycles. The van der Waals surface area contributed by atoms with Crippen LogP contribution in [-0.2, 0) is 0 Å². The van der Waals surface area contributed by atoms with Crippen molar-refractivity contribution >= 4 is 0 Å². The van der Waals surface area contributed by atoms with Crippen molar-refractivity contribution in [3.63, 3.8) is 0 Å². The number of hydrogen-bond donors (Lipinski definition) is 0. The Morgan fingerprint density at radius 2 is 1.67 bits per heavy atom. The van der Waals surface area contributed by atoms with Crippen LogP contribution in [0, 0.1) is 16.7 Å². The van der Waals surface area contributed by atoms with Gasteiger partial charge >= 0.3 is 0 Å². The Morgan fingerprint density at radius 1 is 1.13 bits per heavy atom. The van der Waals surface area contributed by atoms with Crippen LogP contribution in [0.15, 0.2) is 0 Å². The SMILES string of the molecule is CC[N+](C)(C)CC1CCC(C)(C)C1(C)C. The first-order valence-corrected chi connectivity index (χ1v) is 6.44. The summed E-state index contributed by atoms with van der Waals surface area (Å²) < 4.78 is 1.17. The van der Waals surface area contributed by atoms with E-state index in [1.165, 1.54) is 30.4 Å². The molecule has 1 aliphatic rings. The lowest BCUT2D eigenvalue weighted by Crippen LogP contribution is -2.46. The monoisotopic (exact) mass is 212 g/mol. The minimum absolute atomic E-state index is 0.498. The Bertz CT molecular complexity index is 225. The second kappa shape index (κ2) is 3.76. The van der Waals surface area contributed by atoms with Crippen molar-refractivity contribution in [3.8, 4) is 0 Å². The number of quaternary nitrogens is 1. The molecular formula is C14H30N+. The minimum atomic E-state index is 0.498. The molecule has 90 valence electrons. The van der Waals surface area contributed by atoms with Gasteiger partial charge in [-0.1, -0.05) is 27.7 Å². The van der Waals surface area contributed by atoms with Gasteiger partial charge in [0.25, 0.3) is 0 Å². The molecule has 0 spiro atoms. The predicted octanol–water partition coefficient (Wildman–Crippen LogP) is 3.55. The van der Waals surface area contributed by atoms with Crippen molar-refractivity contribution in [3.05, 3.63) is 0 Å². The van der Waals surface area contributed by atoms with Gasteiger partial charge in [-0.25, -0.2) is 0 Å². The maximum absolute atomic E-state index is 2.47. The highest BCUT2D eigenvalue weighted by atomic mass is 15.3. The molecule has 1 unspecified atom stereocenters. The highest BCUT2D eigenvalue weighted by molar-refractivity contribution is 4.97. The van der Waals surface area contributed by atoms with Gasteiger partial charge in [0.05, 0.1) is 27.2 Å². The quantitative estimate of drug-likeness (QED) is 0.628. The predicted molar refractivity (Wildman–Crippen MR) is 67.8 cm³/mol. The molecule has 0 heterocycles. The Kier molecular flexibility index (Phi) is 3.27. The molecular weight excluding hydrogens is 182 g/mol. The molecule has 0 radical (unpaired) electrons. The maximum Gasteiger partial charge on any atom is 0.0816 e. The van der Waals surface area contributed by atoms with Crippen LogP contribution in [0.1, 0.15) is 47.5 Å². The average molecular weight is 212 g/mol. The van der Waals surface area contributed by atoms with Crippen molar-refractivity contribution in [1.82, 2.24) is 0 Å². The maximum atomic E-state index is 2.47. The molecule has 1 heteroatoms. The third-order valence-corrected chi connectivity index (χ3v) is 5.45. The highest BCUT2D eigenvalue weighted by Gasteiger charge is 2.50.